The summed E-state index contributed by atoms with van der Waals surface area (Å²) < 4.78 is 0. The molecule has 1 aromatic heterocycles. The number of rotatable bonds is 5. The average molecular weight is 255 g/mol. The first-order chi connectivity index (χ1) is 9.18. The minimum atomic E-state index is 0.0658. The molecule has 0 spiro atoms. The van der Waals surface area contributed by atoms with Crippen molar-refractivity contribution in [1.29, 1.82) is 0 Å². The van der Waals surface area contributed by atoms with Gasteiger partial charge in [0.25, 0.3) is 0 Å². The number of hydrogen-bond acceptors (Lipinski definition) is 3. The first kappa shape index (κ1) is 13.7. The fourth-order valence-electron chi connectivity index (χ4n) is 2.46. The molecule has 19 heavy (non-hydrogen) atoms. The van der Waals surface area contributed by atoms with Gasteiger partial charge in [-0.05, 0) is 31.7 Å². The van der Waals surface area contributed by atoms with Crippen LogP contribution in [0.1, 0.15) is 24.2 Å². The Hall–Kier alpha value is -1.71. The third kappa shape index (κ3) is 3.63. The second-order valence-electron chi connectivity index (χ2n) is 4.95. The van der Waals surface area contributed by atoms with E-state index in [9.17, 15) is 0 Å². The topological polar surface area (TPSA) is 42.1 Å². The van der Waals surface area contributed by atoms with E-state index in [2.05, 4.69) is 41.2 Å². The lowest BCUT2D eigenvalue weighted by molar-refractivity contribution is 0.208. The van der Waals surface area contributed by atoms with E-state index in [0.29, 0.717) is 0 Å². The van der Waals surface area contributed by atoms with Gasteiger partial charge in [0, 0.05) is 24.8 Å². The molecule has 0 aliphatic rings. The Labute approximate surface area is 115 Å². The van der Waals surface area contributed by atoms with E-state index in [1.807, 2.05) is 37.4 Å². The maximum atomic E-state index is 6.16. The minimum absolute atomic E-state index is 0.0658. The van der Waals surface area contributed by atoms with Gasteiger partial charge in [-0.1, -0.05) is 36.4 Å². The number of pyridine rings is 1. The van der Waals surface area contributed by atoms with E-state index >= 15 is 0 Å². The smallest absolute Gasteiger partial charge is 0.0544 e. The molecule has 0 radical (unpaired) electrons. The van der Waals surface area contributed by atoms with E-state index in [1.165, 1.54) is 5.56 Å². The van der Waals surface area contributed by atoms with Gasteiger partial charge in [0.05, 0.1) is 5.69 Å². The molecule has 1 heterocycles. The van der Waals surface area contributed by atoms with Crippen LogP contribution in [0.5, 0.6) is 0 Å². The zero-order valence-electron chi connectivity index (χ0n) is 11.5. The Kier molecular flexibility index (Phi) is 4.66. The maximum absolute atomic E-state index is 6.16. The Bertz CT molecular complexity index is 482. The van der Waals surface area contributed by atoms with Crippen molar-refractivity contribution in [3.05, 3.63) is 66.0 Å². The van der Waals surface area contributed by atoms with E-state index in [4.69, 9.17) is 5.73 Å². The van der Waals surface area contributed by atoms with Crippen LogP contribution in [0, 0.1) is 0 Å². The molecule has 0 bridgehead atoms. The predicted molar refractivity (Wildman–Crippen MR) is 78.5 cm³/mol. The maximum Gasteiger partial charge on any atom is 0.0544 e. The summed E-state index contributed by atoms with van der Waals surface area (Å²) in [6, 6.07) is 16.6. The molecule has 0 aliphatic heterocycles. The number of nitrogens with two attached hydrogens (primary N) is 1. The van der Waals surface area contributed by atoms with Crippen molar-refractivity contribution in [3.8, 4) is 0 Å². The lowest BCUT2D eigenvalue weighted by Gasteiger charge is -2.31. The highest BCUT2D eigenvalue weighted by molar-refractivity contribution is 5.20. The summed E-state index contributed by atoms with van der Waals surface area (Å²) in [5.41, 5.74) is 8.47. The van der Waals surface area contributed by atoms with Gasteiger partial charge in [0.1, 0.15) is 0 Å². The van der Waals surface area contributed by atoms with Crippen molar-refractivity contribution in [3.63, 3.8) is 0 Å². The Morgan fingerprint density at radius 2 is 1.79 bits per heavy atom. The minimum Gasteiger partial charge on any atom is -0.326 e. The highest BCUT2D eigenvalue weighted by Crippen LogP contribution is 2.23. The van der Waals surface area contributed by atoms with Crippen molar-refractivity contribution in [2.24, 2.45) is 5.73 Å². The molecule has 0 amide bonds. The molecule has 1 aromatic carbocycles. The summed E-state index contributed by atoms with van der Waals surface area (Å²) in [6.07, 6.45) is 1.83. The van der Waals surface area contributed by atoms with Crippen molar-refractivity contribution < 1.29 is 0 Å². The molecule has 2 atom stereocenters. The van der Waals surface area contributed by atoms with Gasteiger partial charge in [0.15, 0.2) is 0 Å². The zero-order valence-corrected chi connectivity index (χ0v) is 11.5. The van der Waals surface area contributed by atoms with E-state index < -0.39 is 0 Å². The van der Waals surface area contributed by atoms with Gasteiger partial charge in [-0.2, -0.15) is 0 Å². The molecule has 0 fully saturated rings. The number of benzene rings is 1. The number of nitrogens with zero attached hydrogens (tertiary/aromatic N) is 2. The summed E-state index contributed by atoms with van der Waals surface area (Å²) >= 11 is 0. The summed E-state index contributed by atoms with van der Waals surface area (Å²) in [5.74, 6) is 0. The molecule has 100 valence electrons. The van der Waals surface area contributed by atoms with Crippen LogP contribution >= 0.6 is 0 Å². The van der Waals surface area contributed by atoms with Crippen LogP contribution in [-0.4, -0.2) is 23.0 Å². The van der Waals surface area contributed by atoms with Crippen molar-refractivity contribution in [1.82, 2.24) is 9.88 Å². The van der Waals surface area contributed by atoms with Gasteiger partial charge >= 0.3 is 0 Å². The Morgan fingerprint density at radius 1 is 1.11 bits per heavy atom. The molecule has 0 saturated carbocycles. The summed E-state index contributed by atoms with van der Waals surface area (Å²) in [6.45, 7) is 2.84. The van der Waals surface area contributed by atoms with Crippen molar-refractivity contribution >= 4 is 0 Å². The SMILES string of the molecule is CC(N)C(c1ccccc1)N(C)Cc1ccccn1. The van der Waals surface area contributed by atoms with E-state index in [0.717, 1.165) is 12.2 Å². The summed E-state index contributed by atoms with van der Waals surface area (Å²) in [7, 11) is 2.09. The van der Waals surface area contributed by atoms with Gasteiger partial charge < -0.3 is 5.73 Å². The molecule has 2 aromatic rings. The van der Waals surface area contributed by atoms with E-state index in [1.54, 1.807) is 0 Å². The Balaban J connectivity index is 2.16. The normalized spacial score (nSPS) is 14.3. The molecule has 2 rings (SSSR count). The summed E-state index contributed by atoms with van der Waals surface area (Å²) in [4.78, 5) is 6.62. The fourth-order valence-corrected chi connectivity index (χ4v) is 2.46. The van der Waals surface area contributed by atoms with Gasteiger partial charge in [-0.15, -0.1) is 0 Å². The second-order valence-corrected chi connectivity index (χ2v) is 4.95. The van der Waals surface area contributed by atoms with Crippen LogP contribution in [-0.2, 0) is 6.54 Å². The average Bonchev–Trinajstić information content (AvgIpc) is 2.40. The predicted octanol–water partition coefficient (Wildman–Crippen LogP) is 2.60. The molecule has 0 aliphatic carbocycles. The number of likely N-dealkylation sites (N-methyl/N-ethyl adjacent to an activating group) is 1. The molecule has 2 unspecified atom stereocenters. The van der Waals surface area contributed by atoms with Crippen LogP contribution in [0.2, 0.25) is 0 Å². The lowest BCUT2D eigenvalue weighted by atomic mass is 9.99. The molecular formula is C16H21N3. The third-order valence-corrected chi connectivity index (χ3v) is 3.25. The van der Waals surface area contributed by atoms with Crippen molar-refractivity contribution in [2.45, 2.75) is 25.6 Å². The van der Waals surface area contributed by atoms with Crippen LogP contribution < -0.4 is 5.73 Å². The summed E-state index contributed by atoms with van der Waals surface area (Å²) in [5, 5.41) is 0. The Morgan fingerprint density at radius 3 is 2.37 bits per heavy atom. The molecular weight excluding hydrogens is 234 g/mol. The quantitative estimate of drug-likeness (QED) is 0.893. The van der Waals surface area contributed by atoms with Crippen LogP contribution in [0.4, 0.5) is 0 Å². The fraction of sp³-hybridized carbons (Fsp3) is 0.312. The molecule has 2 N–H and O–H groups in total. The van der Waals surface area contributed by atoms with Gasteiger partial charge in [-0.25, -0.2) is 0 Å². The largest absolute Gasteiger partial charge is 0.326 e. The van der Waals surface area contributed by atoms with E-state index in [-0.39, 0.29) is 12.1 Å². The third-order valence-electron chi connectivity index (χ3n) is 3.25. The highest BCUT2D eigenvalue weighted by atomic mass is 15.2. The molecule has 3 heteroatoms. The second kappa shape index (κ2) is 6.45. The number of aromatic nitrogens is 1. The lowest BCUT2D eigenvalue weighted by Crippen LogP contribution is -2.37. The zero-order chi connectivity index (χ0) is 13.7. The highest BCUT2D eigenvalue weighted by Gasteiger charge is 2.21. The van der Waals surface area contributed by atoms with Gasteiger partial charge in [0.2, 0.25) is 0 Å². The first-order valence-electron chi connectivity index (χ1n) is 6.59. The standard InChI is InChI=1S/C16H21N3/c1-13(17)16(14-8-4-3-5-9-14)19(2)12-15-10-6-7-11-18-15/h3-11,13,16H,12,17H2,1-2H3. The van der Waals surface area contributed by atoms with Crippen LogP contribution in [0.25, 0.3) is 0 Å². The van der Waals surface area contributed by atoms with Crippen molar-refractivity contribution in [2.75, 3.05) is 7.05 Å². The molecule has 3 nitrogen and oxygen atoms in total. The van der Waals surface area contributed by atoms with Crippen LogP contribution in [0.3, 0.4) is 0 Å². The number of hydrogen-bond donors (Lipinski definition) is 1. The molecule has 0 saturated heterocycles. The first-order valence-corrected chi connectivity index (χ1v) is 6.59. The van der Waals surface area contributed by atoms with Crippen LogP contribution in [0.15, 0.2) is 54.7 Å². The van der Waals surface area contributed by atoms with Gasteiger partial charge in [-0.3, -0.25) is 9.88 Å². The monoisotopic (exact) mass is 255 g/mol.